The van der Waals surface area contributed by atoms with Crippen molar-refractivity contribution in [1.82, 2.24) is 4.98 Å². The van der Waals surface area contributed by atoms with Gasteiger partial charge in [-0.1, -0.05) is 23.7 Å². The molecule has 1 saturated carbocycles. The van der Waals surface area contributed by atoms with Crippen LogP contribution in [0.15, 0.2) is 42.6 Å². The lowest BCUT2D eigenvalue weighted by Gasteiger charge is -2.36. The lowest BCUT2D eigenvalue weighted by atomic mass is 9.76. The highest BCUT2D eigenvalue weighted by molar-refractivity contribution is 6.29. The molecule has 1 aliphatic rings. The zero-order valence-electron chi connectivity index (χ0n) is 10.3. The van der Waals surface area contributed by atoms with Crippen molar-refractivity contribution >= 4 is 17.3 Å². The minimum absolute atomic E-state index is 0.158. The van der Waals surface area contributed by atoms with Gasteiger partial charge < -0.3 is 5.32 Å². The average Bonchev–Trinajstić information content (AvgIpc) is 2.33. The predicted molar refractivity (Wildman–Crippen MR) is 75.0 cm³/mol. The van der Waals surface area contributed by atoms with Gasteiger partial charge in [-0.3, -0.25) is 0 Å². The molecule has 0 aliphatic heterocycles. The Morgan fingerprint density at radius 2 is 2.05 bits per heavy atom. The van der Waals surface area contributed by atoms with Crippen molar-refractivity contribution in [3.63, 3.8) is 0 Å². The first-order valence-electron chi connectivity index (χ1n) is 6.34. The summed E-state index contributed by atoms with van der Waals surface area (Å²) in [4.78, 5) is 3.95. The van der Waals surface area contributed by atoms with E-state index < -0.39 is 0 Å². The topological polar surface area (TPSA) is 24.9 Å². The molecule has 0 saturated heterocycles. The number of aromatic nitrogens is 1. The van der Waals surface area contributed by atoms with Crippen LogP contribution in [0.5, 0.6) is 0 Å². The Kier molecular flexibility index (Phi) is 3.38. The molecule has 1 N–H and O–H groups in total. The van der Waals surface area contributed by atoms with Gasteiger partial charge in [-0.05, 0) is 48.6 Å². The minimum Gasteiger partial charge on any atom is -0.382 e. The Bertz CT molecular complexity index is 582. The van der Waals surface area contributed by atoms with Gasteiger partial charge >= 0.3 is 0 Å². The summed E-state index contributed by atoms with van der Waals surface area (Å²) in [6.45, 7) is 0. The summed E-state index contributed by atoms with van der Waals surface area (Å²) in [5.41, 5.74) is 2.08. The van der Waals surface area contributed by atoms with Gasteiger partial charge in [0.15, 0.2) is 0 Å². The van der Waals surface area contributed by atoms with Crippen LogP contribution in [0.1, 0.15) is 24.3 Å². The molecular weight excluding hydrogens is 263 g/mol. The van der Waals surface area contributed by atoms with Gasteiger partial charge in [0, 0.05) is 17.9 Å². The number of nitrogens with one attached hydrogen (secondary N) is 1. The second-order valence-electron chi connectivity index (χ2n) is 4.93. The molecule has 0 atom stereocenters. The minimum atomic E-state index is -0.158. The Balaban J connectivity index is 1.58. The highest BCUT2D eigenvalue weighted by Gasteiger charge is 2.30. The Hall–Kier alpha value is -1.61. The van der Waals surface area contributed by atoms with E-state index in [4.69, 9.17) is 11.6 Å². The summed E-state index contributed by atoms with van der Waals surface area (Å²) in [5, 5.41) is 3.91. The molecule has 1 heterocycles. The third-order valence-corrected chi connectivity index (χ3v) is 3.76. The fraction of sp³-hybridized carbons (Fsp3) is 0.267. The summed E-state index contributed by atoms with van der Waals surface area (Å²) in [6, 6.07) is 11.0. The Morgan fingerprint density at radius 3 is 2.79 bits per heavy atom. The summed E-state index contributed by atoms with van der Waals surface area (Å²) >= 11 is 5.84. The molecule has 0 radical (unpaired) electrons. The van der Waals surface area contributed by atoms with E-state index in [0.29, 0.717) is 17.1 Å². The summed E-state index contributed by atoms with van der Waals surface area (Å²) in [5.74, 6) is 0.292. The monoisotopic (exact) mass is 276 g/mol. The van der Waals surface area contributed by atoms with Crippen LogP contribution in [0.4, 0.5) is 10.1 Å². The van der Waals surface area contributed by atoms with Crippen molar-refractivity contribution in [2.24, 2.45) is 0 Å². The first kappa shape index (κ1) is 12.4. The molecule has 4 heteroatoms. The normalized spacial score (nSPS) is 21.8. The van der Waals surface area contributed by atoms with E-state index in [2.05, 4.69) is 10.3 Å². The number of nitrogens with zero attached hydrogens (tertiary/aromatic N) is 1. The van der Waals surface area contributed by atoms with Crippen LogP contribution in [0.3, 0.4) is 0 Å². The van der Waals surface area contributed by atoms with E-state index in [9.17, 15) is 4.39 Å². The first-order chi connectivity index (χ1) is 9.20. The molecule has 0 amide bonds. The van der Waals surface area contributed by atoms with Gasteiger partial charge in [0.2, 0.25) is 0 Å². The summed E-state index contributed by atoms with van der Waals surface area (Å²) in [6.07, 6.45) is 3.72. The number of benzene rings is 1. The van der Waals surface area contributed by atoms with Crippen LogP contribution in [0.25, 0.3) is 0 Å². The fourth-order valence-electron chi connectivity index (χ4n) is 2.50. The van der Waals surface area contributed by atoms with Gasteiger partial charge in [-0.2, -0.15) is 0 Å². The second-order valence-corrected chi connectivity index (χ2v) is 5.32. The lowest BCUT2D eigenvalue weighted by Crippen LogP contribution is -2.34. The SMILES string of the molecule is Fc1cccc(C2CC(Nc3ccnc(Cl)c3)C2)c1. The van der Waals surface area contributed by atoms with Crippen molar-refractivity contribution in [3.8, 4) is 0 Å². The van der Waals surface area contributed by atoms with E-state index in [1.165, 1.54) is 6.07 Å². The Morgan fingerprint density at radius 1 is 1.21 bits per heavy atom. The Labute approximate surface area is 116 Å². The van der Waals surface area contributed by atoms with E-state index in [-0.39, 0.29) is 5.82 Å². The molecule has 1 aliphatic carbocycles. The average molecular weight is 277 g/mol. The molecular formula is C15H14ClFN2. The van der Waals surface area contributed by atoms with Crippen LogP contribution in [0.2, 0.25) is 5.15 Å². The molecule has 1 aromatic heterocycles. The van der Waals surface area contributed by atoms with Crippen LogP contribution >= 0.6 is 11.6 Å². The van der Waals surface area contributed by atoms with Crippen LogP contribution in [-0.2, 0) is 0 Å². The third kappa shape index (κ3) is 2.87. The zero-order chi connectivity index (χ0) is 13.2. The number of anilines is 1. The molecule has 3 rings (SSSR count). The summed E-state index contributed by atoms with van der Waals surface area (Å²) in [7, 11) is 0. The molecule has 2 nitrogen and oxygen atoms in total. The predicted octanol–water partition coefficient (Wildman–Crippen LogP) is 4.23. The molecule has 98 valence electrons. The number of hydrogen-bond donors (Lipinski definition) is 1. The van der Waals surface area contributed by atoms with Crippen molar-refractivity contribution in [1.29, 1.82) is 0 Å². The van der Waals surface area contributed by atoms with Crippen molar-refractivity contribution < 1.29 is 4.39 Å². The number of halogens is 2. The maximum atomic E-state index is 13.1. The highest BCUT2D eigenvalue weighted by atomic mass is 35.5. The van der Waals surface area contributed by atoms with E-state index in [1.54, 1.807) is 18.3 Å². The van der Waals surface area contributed by atoms with Gasteiger partial charge in [-0.25, -0.2) is 9.37 Å². The highest BCUT2D eigenvalue weighted by Crippen LogP contribution is 2.38. The van der Waals surface area contributed by atoms with Crippen molar-refractivity contribution in [2.75, 3.05) is 5.32 Å². The molecule has 0 spiro atoms. The smallest absolute Gasteiger partial charge is 0.131 e. The van der Waals surface area contributed by atoms with Gasteiger partial charge in [0.1, 0.15) is 11.0 Å². The third-order valence-electron chi connectivity index (χ3n) is 3.56. The number of hydrogen-bond acceptors (Lipinski definition) is 2. The molecule has 0 bridgehead atoms. The maximum Gasteiger partial charge on any atom is 0.131 e. The standard InChI is InChI=1S/C15H14ClFN2/c16-15-9-13(4-5-18-15)19-14-7-11(8-14)10-2-1-3-12(17)6-10/h1-6,9,11,14H,7-8H2,(H,18,19). The second kappa shape index (κ2) is 5.17. The van der Waals surface area contributed by atoms with Gasteiger partial charge in [0.25, 0.3) is 0 Å². The van der Waals surface area contributed by atoms with Crippen LogP contribution in [-0.4, -0.2) is 11.0 Å². The van der Waals surface area contributed by atoms with Crippen molar-refractivity contribution in [3.05, 3.63) is 59.1 Å². The molecule has 1 aromatic carbocycles. The van der Waals surface area contributed by atoms with Gasteiger partial charge in [-0.15, -0.1) is 0 Å². The maximum absolute atomic E-state index is 13.1. The number of rotatable bonds is 3. The van der Waals surface area contributed by atoms with E-state index >= 15 is 0 Å². The lowest BCUT2D eigenvalue weighted by molar-refractivity contribution is 0.373. The largest absolute Gasteiger partial charge is 0.382 e. The van der Waals surface area contributed by atoms with Gasteiger partial charge in [0.05, 0.1) is 0 Å². The molecule has 19 heavy (non-hydrogen) atoms. The fourth-order valence-corrected chi connectivity index (χ4v) is 2.67. The van der Waals surface area contributed by atoms with E-state index in [0.717, 1.165) is 24.1 Å². The van der Waals surface area contributed by atoms with Crippen molar-refractivity contribution in [2.45, 2.75) is 24.8 Å². The summed E-state index contributed by atoms with van der Waals surface area (Å²) < 4.78 is 13.1. The molecule has 2 aromatic rings. The molecule has 1 fully saturated rings. The van der Waals surface area contributed by atoms with Crippen LogP contribution in [0, 0.1) is 5.82 Å². The van der Waals surface area contributed by atoms with Crippen LogP contribution < -0.4 is 5.32 Å². The quantitative estimate of drug-likeness (QED) is 0.849. The zero-order valence-corrected chi connectivity index (χ0v) is 11.1. The molecule has 0 unspecified atom stereocenters. The first-order valence-corrected chi connectivity index (χ1v) is 6.72. The van der Waals surface area contributed by atoms with E-state index in [1.807, 2.05) is 18.2 Å². The number of pyridine rings is 1.